The average molecular weight is 917 g/mol. The van der Waals surface area contributed by atoms with Crippen molar-refractivity contribution in [2.24, 2.45) is 0 Å². The fraction of sp³-hybridized carbons (Fsp3) is 0.0645. The van der Waals surface area contributed by atoms with Gasteiger partial charge in [0, 0.05) is 52.5 Å². The summed E-state index contributed by atoms with van der Waals surface area (Å²) in [6, 6.07) is 63.8. The Kier molecular flexibility index (Phi) is 11.6. The number of benzene rings is 10. The molecule has 0 radical (unpaired) electrons. The molecule has 0 unspecified atom stereocenters. The van der Waals surface area contributed by atoms with Crippen LogP contribution >= 0.6 is 22.7 Å². The molecular weight excluding hydrogens is 873 g/mol. The van der Waals surface area contributed by atoms with E-state index < -0.39 is 11.9 Å². The van der Waals surface area contributed by atoms with Crippen molar-refractivity contribution < 1.29 is 19.1 Å². The third-order valence-corrected chi connectivity index (χ3v) is 15.3. The van der Waals surface area contributed by atoms with Gasteiger partial charge in [-0.3, -0.25) is 0 Å². The summed E-state index contributed by atoms with van der Waals surface area (Å²) >= 11 is 3.76. The molecule has 12 aromatic rings. The third kappa shape index (κ3) is 8.08. The first-order chi connectivity index (χ1) is 33.4. The monoisotopic (exact) mass is 916 g/mol. The third-order valence-electron chi connectivity index (χ3n) is 12.8. The average Bonchev–Trinajstić information content (AvgIpc) is 3.99. The van der Waals surface area contributed by atoms with Gasteiger partial charge in [0.15, 0.2) is 0 Å². The summed E-state index contributed by atoms with van der Waals surface area (Å²) in [5.41, 5.74) is 4.84. The van der Waals surface area contributed by atoms with E-state index in [-0.39, 0.29) is 0 Å². The highest BCUT2D eigenvalue weighted by atomic mass is 32.1. The molecule has 0 saturated carbocycles. The smallest absolute Gasteiger partial charge is 0.335 e. The summed E-state index contributed by atoms with van der Waals surface area (Å²) in [6.45, 7) is 6.98. The Labute approximate surface area is 401 Å². The zero-order valence-corrected chi connectivity index (χ0v) is 38.8. The van der Waals surface area contributed by atoms with Gasteiger partial charge >= 0.3 is 11.9 Å². The van der Waals surface area contributed by atoms with Crippen molar-refractivity contribution in [3.63, 3.8) is 0 Å². The largest absolute Gasteiger partial charge is 0.423 e. The molecule has 0 N–H and O–H groups in total. The standard InChI is InChI=1S/2C31H22O2S/c1-2-28(32)33-26-14-8-5-10-21(26)15-16-23-19-22-11-4-7-13-25(22)30-29-24-12-6-3-9-20(24)17-18-27(29)34-31(23)30;1-2-28(32)33-24-11-7-8-20(18-24)14-15-23-19-22-10-4-6-13-26(22)30-29-25-12-5-3-9-21(25)16-17-27(29)34-31(23)30/h2-14,17-19H,1,15-16H2;2-13,16-19H,1,14-15H2. The minimum atomic E-state index is -0.439. The van der Waals surface area contributed by atoms with Crippen LogP contribution in [0, 0.1) is 0 Å². The molecule has 4 nitrogen and oxygen atoms in total. The van der Waals surface area contributed by atoms with Crippen molar-refractivity contribution in [1.29, 1.82) is 0 Å². The molecule has 12 rings (SSSR count). The molecule has 0 saturated heterocycles. The second-order valence-electron chi connectivity index (χ2n) is 17.0. The Morgan fingerprint density at radius 2 is 0.868 bits per heavy atom. The number of carbonyl (C=O) groups excluding carboxylic acids is 2. The lowest BCUT2D eigenvalue weighted by molar-refractivity contribution is -0.129. The van der Waals surface area contributed by atoms with Gasteiger partial charge in [-0.15, -0.1) is 22.7 Å². The van der Waals surface area contributed by atoms with Crippen LogP contribution in [0.1, 0.15) is 22.3 Å². The Morgan fingerprint density at radius 3 is 1.43 bits per heavy atom. The lowest BCUT2D eigenvalue weighted by atomic mass is 9.95. The van der Waals surface area contributed by atoms with Crippen LogP contribution in [-0.4, -0.2) is 11.9 Å². The number of hydrogen-bond acceptors (Lipinski definition) is 6. The maximum absolute atomic E-state index is 11.8. The number of rotatable bonds is 10. The van der Waals surface area contributed by atoms with Gasteiger partial charge < -0.3 is 9.47 Å². The predicted octanol–water partition coefficient (Wildman–Crippen LogP) is 16.5. The Hall–Kier alpha value is -7.90. The summed E-state index contributed by atoms with van der Waals surface area (Å²) < 4.78 is 16.1. The van der Waals surface area contributed by atoms with E-state index in [4.69, 9.17) is 9.47 Å². The van der Waals surface area contributed by atoms with Crippen LogP contribution in [0.5, 0.6) is 11.5 Å². The van der Waals surface area contributed by atoms with Crippen LogP contribution < -0.4 is 9.47 Å². The van der Waals surface area contributed by atoms with Gasteiger partial charge in [0.05, 0.1) is 0 Å². The maximum Gasteiger partial charge on any atom is 0.335 e. The highest BCUT2D eigenvalue weighted by Gasteiger charge is 2.18. The molecule has 0 aliphatic rings. The number of para-hydroxylation sites is 1. The highest BCUT2D eigenvalue weighted by molar-refractivity contribution is 7.26. The molecule has 0 aliphatic heterocycles. The normalized spacial score (nSPS) is 11.4. The molecule has 0 spiro atoms. The number of carbonyl (C=O) groups is 2. The van der Waals surface area contributed by atoms with Crippen LogP contribution in [0.4, 0.5) is 0 Å². The molecular formula is C62H44O4S2. The SMILES string of the molecule is C=CC(=O)Oc1cccc(CCc2cc3ccccc3c3c2sc2ccc4ccccc4c23)c1.C=CC(=O)Oc1ccccc1CCc1cc2ccccc2c2c1sc1ccc3ccccc3c12. The number of thiophene rings is 2. The number of fused-ring (bicyclic) bond motifs is 14. The Bertz CT molecular complexity index is 3970. The molecule has 328 valence electrons. The number of hydrogen-bond donors (Lipinski definition) is 0. The van der Waals surface area contributed by atoms with E-state index in [1.54, 1.807) is 6.07 Å². The highest BCUT2D eigenvalue weighted by Crippen LogP contribution is 2.46. The van der Waals surface area contributed by atoms with Crippen molar-refractivity contribution >= 4 is 118 Å². The van der Waals surface area contributed by atoms with E-state index in [0.29, 0.717) is 11.5 Å². The minimum Gasteiger partial charge on any atom is -0.423 e. The van der Waals surface area contributed by atoms with Crippen LogP contribution in [0.2, 0.25) is 0 Å². The zero-order valence-electron chi connectivity index (χ0n) is 37.2. The molecule has 0 aliphatic carbocycles. The molecule has 2 heterocycles. The zero-order chi connectivity index (χ0) is 46.1. The molecule has 0 bridgehead atoms. The summed E-state index contributed by atoms with van der Waals surface area (Å²) in [6.07, 6.45) is 5.79. The van der Waals surface area contributed by atoms with Crippen LogP contribution in [0.3, 0.4) is 0 Å². The fourth-order valence-electron chi connectivity index (χ4n) is 9.71. The van der Waals surface area contributed by atoms with Crippen molar-refractivity contribution in [3.8, 4) is 11.5 Å². The molecule has 0 fully saturated rings. The Morgan fingerprint density at radius 1 is 0.412 bits per heavy atom. The van der Waals surface area contributed by atoms with Gasteiger partial charge in [0.1, 0.15) is 11.5 Å². The van der Waals surface area contributed by atoms with E-state index in [9.17, 15) is 9.59 Å². The van der Waals surface area contributed by atoms with Gasteiger partial charge in [-0.2, -0.15) is 0 Å². The summed E-state index contributed by atoms with van der Waals surface area (Å²) in [7, 11) is 0. The number of ether oxygens (including phenoxy) is 2. The van der Waals surface area contributed by atoms with E-state index >= 15 is 0 Å². The first-order valence-corrected chi connectivity index (χ1v) is 24.4. The van der Waals surface area contributed by atoms with E-state index in [0.717, 1.165) is 36.8 Å². The lowest BCUT2D eigenvalue weighted by Crippen LogP contribution is -2.05. The number of esters is 2. The minimum absolute atomic E-state index is 0.433. The summed E-state index contributed by atoms with van der Waals surface area (Å²) in [4.78, 5) is 23.4. The van der Waals surface area contributed by atoms with E-state index in [2.05, 4.69) is 153 Å². The van der Waals surface area contributed by atoms with Gasteiger partial charge in [-0.25, -0.2) is 9.59 Å². The molecule has 10 aromatic carbocycles. The van der Waals surface area contributed by atoms with Gasteiger partial charge in [0.25, 0.3) is 0 Å². The van der Waals surface area contributed by atoms with Crippen molar-refractivity contribution in [2.45, 2.75) is 25.7 Å². The van der Waals surface area contributed by atoms with Crippen LogP contribution in [0.25, 0.3) is 83.4 Å². The fourth-order valence-corrected chi connectivity index (χ4v) is 12.3. The molecule has 68 heavy (non-hydrogen) atoms. The van der Waals surface area contributed by atoms with Crippen LogP contribution in [-0.2, 0) is 35.3 Å². The van der Waals surface area contributed by atoms with Crippen molar-refractivity contribution in [3.05, 3.63) is 230 Å². The molecule has 6 heteroatoms. The number of aryl methyl sites for hydroxylation is 4. The lowest BCUT2D eigenvalue weighted by Gasteiger charge is -2.11. The van der Waals surface area contributed by atoms with Crippen LogP contribution in [0.15, 0.2) is 207 Å². The second-order valence-corrected chi connectivity index (χ2v) is 19.1. The van der Waals surface area contributed by atoms with E-state index in [1.165, 1.54) is 107 Å². The van der Waals surface area contributed by atoms with Crippen molar-refractivity contribution in [2.75, 3.05) is 0 Å². The first kappa shape index (κ1) is 42.7. The first-order valence-electron chi connectivity index (χ1n) is 22.8. The molecule has 0 amide bonds. The quantitative estimate of drug-likeness (QED) is 0.0779. The topological polar surface area (TPSA) is 52.6 Å². The molecule has 2 aromatic heterocycles. The van der Waals surface area contributed by atoms with Crippen molar-refractivity contribution in [1.82, 2.24) is 0 Å². The maximum atomic E-state index is 11.8. The second kappa shape index (κ2) is 18.4. The van der Waals surface area contributed by atoms with Gasteiger partial charge in [0.2, 0.25) is 0 Å². The van der Waals surface area contributed by atoms with E-state index in [1.807, 2.05) is 59.1 Å². The van der Waals surface area contributed by atoms with Gasteiger partial charge in [-0.05, 0) is 133 Å². The predicted molar refractivity (Wildman–Crippen MR) is 288 cm³/mol. The van der Waals surface area contributed by atoms with Gasteiger partial charge in [-0.1, -0.05) is 153 Å². The molecule has 0 atom stereocenters. The summed E-state index contributed by atoms with van der Waals surface area (Å²) in [5, 5.41) is 15.7. The summed E-state index contributed by atoms with van der Waals surface area (Å²) in [5.74, 6) is 0.286. The Balaban J connectivity index is 0.000000149.